The second-order valence-electron chi connectivity index (χ2n) is 8.01. The van der Waals surface area contributed by atoms with E-state index in [0.717, 1.165) is 42.6 Å². The number of aromatic nitrogens is 1. The monoisotopic (exact) mass is 387 g/mol. The lowest BCUT2D eigenvalue weighted by Crippen LogP contribution is -2.30. The van der Waals surface area contributed by atoms with Crippen LogP contribution in [0.3, 0.4) is 0 Å². The summed E-state index contributed by atoms with van der Waals surface area (Å²) in [6.45, 7) is 2.92. The number of hydrogen-bond donors (Lipinski definition) is 1. The van der Waals surface area contributed by atoms with E-state index in [1.807, 2.05) is 35.2 Å². The van der Waals surface area contributed by atoms with Crippen molar-refractivity contribution >= 4 is 28.2 Å². The molecule has 1 aromatic heterocycles. The molecule has 0 aliphatic carbocycles. The maximum atomic E-state index is 13.0. The molecular formula is C24H25N3O2. The molecular weight excluding hydrogens is 362 g/mol. The van der Waals surface area contributed by atoms with Gasteiger partial charge in [-0.3, -0.25) is 9.59 Å². The molecule has 1 fully saturated rings. The van der Waals surface area contributed by atoms with Crippen molar-refractivity contribution in [3.8, 4) is 0 Å². The van der Waals surface area contributed by atoms with Gasteiger partial charge < -0.3 is 14.8 Å². The van der Waals surface area contributed by atoms with Crippen LogP contribution < -0.4 is 15.4 Å². The summed E-state index contributed by atoms with van der Waals surface area (Å²) in [6, 6.07) is 16.2. The van der Waals surface area contributed by atoms with Gasteiger partial charge >= 0.3 is 0 Å². The first-order chi connectivity index (χ1) is 14.2. The highest BCUT2D eigenvalue weighted by molar-refractivity contribution is 5.96. The van der Waals surface area contributed by atoms with E-state index in [1.165, 1.54) is 24.1 Å². The third-order valence-corrected chi connectivity index (χ3v) is 6.18. The molecule has 0 bridgehead atoms. The summed E-state index contributed by atoms with van der Waals surface area (Å²) in [5, 5.41) is 0.997. The third kappa shape index (κ3) is 3.41. The summed E-state index contributed by atoms with van der Waals surface area (Å²) in [7, 11) is 0. The van der Waals surface area contributed by atoms with E-state index < -0.39 is 0 Å². The van der Waals surface area contributed by atoms with Crippen LogP contribution in [0, 0.1) is 0 Å². The molecule has 0 radical (unpaired) electrons. The van der Waals surface area contributed by atoms with Crippen LogP contribution in [0.5, 0.6) is 0 Å². The summed E-state index contributed by atoms with van der Waals surface area (Å²) in [5.74, 6) is 0.0925. The predicted molar refractivity (Wildman–Crippen MR) is 117 cm³/mol. The molecule has 0 spiro atoms. The van der Waals surface area contributed by atoms with Crippen LogP contribution in [0.2, 0.25) is 0 Å². The maximum Gasteiger partial charge on any atom is 0.251 e. The summed E-state index contributed by atoms with van der Waals surface area (Å²) in [4.78, 5) is 32.6. The first-order valence-electron chi connectivity index (χ1n) is 10.5. The Bertz CT molecular complexity index is 1130. The fourth-order valence-electron chi connectivity index (χ4n) is 4.55. The van der Waals surface area contributed by atoms with Gasteiger partial charge in [0.25, 0.3) is 5.56 Å². The first-order valence-corrected chi connectivity index (χ1v) is 10.5. The smallest absolute Gasteiger partial charge is 0.251 e. The number of carbonyl (C=O) groups is 1. The normalized spacial score (nSPS) is 15.9. The van der Waals surface area contributed by atoms with Crippen molar-refractivity contribution in [2.45, 2.75) is 32.1 Å². The van der Waals surface area contributed by atoms with Crippen molar-refractivity contribution in [2.75, 3.05) is 29.4 Å². The van der Waals surface area contributed by atoms with Crippen LogP contribution in [0.1, 0.15) is 30.4 Å². The van der Waals surface area contributed by atoms with Gasteiger partial charge in [0, 0.05) is 48.5 Å². The van der Waals surface area contributed by atoms with Crippen LogP contribution >= 0.6 is 0 Å². The number of aryl methyl sites for hydroxylation is 1. The van der Waals surface area contributed by atoms with Gasteiger partial charge in [-0.15, -0.1) is 0 Å². The second kappa shape index (κ2) is 7.39. The molecule has 2 aliphatic rings. The van der Waals surface area contributed by atoms with Crippen LogP contribution in [0.4, 0.5) is 11.4 Å². The van der Waals surface area contributed by atoms with Gasteiger partial charge in [-0.1, -0.05) is 24.3 Å². The molecule has 2 aliphatic heterocycles. The van der Waals surface area contributed by atoms with Crippen LogP contribution in [-0.2, 0) is 17.6 Å². The lowest BCUT2D eigenvalue weighted by molar-refractivity contribution is -0.118. The molecule has 5 heteroatoms. The zero-order chi connectivity index (χ0) is 19.8. The van der Waals surface area contributed by atoms with Gasteiger partial charge in [0.2, 0.25) is 5.91 Å². The molecule has 148 valence electrons. The lowest BCUT2D eigenvalue weighted by atomic mass is 10.1. The van der Waals surface area contributed by atoms with Crippen LogP contribution in [-0.4, -0.2) is 30.5 Å². The van der Waals surface area contributed by atoms with E-state index in [0.29, 0.717) is 18.4 Å². The number of amides is 1. The Balaban J connectivity index is 1.33. The Hall–Kier alpha value is -3.08. The fraction of sp³-hybridized carbons (Fsp3) is 0.333. The van der Waals surface area contributed by atoms with Crippen LogP contribution in [0.25, 0.3) is 10.9 Å². The Morgan fingerprint density at radius 1 is 1.00 bits per heavy atom. The van der Waals surface area contributed by atoms with Crippen LogP contribution in [0.15, 0.2) is 53.3 Å². The highest BCUT2D eigenvalue weighted by Gasteiger charge is 2.26. The number of nitrogens with zero attached hydrogens (tertiary/aromatic N) is 2. The Kier molecular flexibility index (Phi) is 4.58. The molecule has 0 atom stereocenters. The number of benzene rings is 2. The standard InChI is InChI=1S/C24H25N3O2/c28-23(10-8-19-15-18-5-1-2-6-21(18)25-24(19)29)27-14-11-17-7-9-20(16-22(17)27)26-12-3-4-13-26/h1-2,5-7,9,15-16H,3-4,8,10-14H2,(H,25,29). The lowest BCUT2D eigenvalue weighted by Gasteiger charge is -2.22. The minimum absolute atomic E-state index is 0.0925. The molecule has 1 N–H and O–H groups in total. The SMILES string of the molecule is O=C(CCc1cc2ccccc2[nH]c1=O)N1CCc2ccc(N3CCCC3)cc21. The summed E-state index contributed by atoms with van der Waals surface area (Å²) >= 11 is 0. The molecule has 1 amide bonds. The summed E-state index contributed by atoms with van der Waals surface area (Å²) in [6.07, 6.45) is 4.17. The van der Waals surface area contributed by atoms with Crippen molar-refractivity contribution in [2.24, 2.45) is 0 Å². The topological polar surface area (TPSA) is 56.4 Å². The first kappa shape index (κ1) is 18.0. The Morgan fingerprint density at radius 3 is 2.69 bits per heavy atom. The van der Waals surface area contributed by atoms with Crippen molar-refractivity contribution < 1.29 is 4.79 Å². The number of fused-ring (bicyclic) bond motifs is 2. The molecule has 0 saturated carbocycles. The maximum absolute atomic E-state index is 13.0. The quantitative estimate of drug-likeness (QED) is 0.743. The molecule has 3 aromatic rings. The largest absolute Gasteiger partial charge is 0.371 e. The Labute approximate surface area is 170 Å². The molecule has 1 saturated heterocycles. The van der Waals surface area contributed by atoms with Gasteiger partial charge in [0.05, 0.1) is 0 Å². The van der Waals surface area contributed by atoms with E-state index in [4.69, 9.17) is 0 Å². The number of H-pyrrole nitrogens is 1. The van der Waals surface area contributed by atoms with Gasteiger partial charge in [0.1, 0.15) is 0 Å². The number of aromatic amines is 1. The second-order valence-corrected chi connectivity index (χ2v) is 8.01. The molecule has 2 aromatic carbocycles. The number of anilines is 2. The number of carbonyl (C=O) groups excluding carboxylic acids is 1. The van der Waals surface area contributed by atoms with E-state index in [2.05, 4.69) is 28.1 Å². The van der Waals surface area contributed by atoms with E-state index >= 15 is 0 Å². The highest BCUT2D eigenvalue weighted by Crippen LogP contribution is 2.33. The molecule has 29 heavy (non-hydrogen) atoms. The van der Waals surface area contributed by atoms with Gasteiger partial charge in [-0.25, -0.2) is 0 Å². The van der Waals surface area contributed by atoms with E-state index in [9.17, 15) is 9.59 Å². The molecule has 5 rings (SSSR count). The number of pyridine rings is 1. The highest BCUT2D eigenvalue weighted by atomic mass is 16.2. The summed E-state index contributed by atoms with van der Waals surface area (Å²) < 4.78 is 0. The predicted octanol–water partition coefficient (Wildman–Crippen LogP) is 3.65. The van der Waals surface area contributed by atoms with Crippen molar-refractivity contribution in [3.63, 3.8) is 0 Å². The minimum atomic E-state index is -0.102. The van der Waals surface area contributed by atoms with Gasteiger partial charge in [-0.05, 0) is 60.9 Å². The number of rotatable bonds is 4. The molecule has 3 heterocycles. The van der Waals surface area contributed by atoms with Crippen molar-refractivity contribution in [3.05, 3.63) is 70.0 Å². The van der Waals surface area contributed by atoms with Crippen molar-refractivity contribution in [1.29, 1.82) is 0 Å². The summed E-state index contributed by atoms with van der Waals surface area (Å²) in [5.41, 5.74) is 4.90. The average molecular weight is 387 g/mol. The zero-order valence-electron chi connectivity index (χ0n) is 16.5. The fourth-order valence-corrected chi connectivity index (χ4v) is 4.55. The third-order valence-electron chi connectivity index (χ3n) is 6.18. The zero-order valence-corrected chi connectivity index (χ0v) is 16.5. The van der Waals surface area contributed by atoms with E-state index in [-0.39, 0.29) is 11.5 Å². The molecule has 0 unspecified atom stereocenters. The van der Waals surface area contributed by atoms with Gasteiger partial charge in [0.15, 0.2) is 0 Å². The van der Waals surface area contributed by atoms with Gasteiger partial charge in [-0.2, -0.15) is 0 Å². The van der Waals surface area contributed by atoms with E-state index in [1.54, 1.807) is 0 Å². The number of hydrogen-bond acceptors (Lipinski definition) is 3. The molecule has 5 nitrogen and oxygen atoms in total. The minimum Gasteiger partial charge on any atom is -0.371 e. The number of nitrogens with one attached hydrogen (secondary N) is 1. The average Bonchev–Trinajstić information content (AvgIpc) is 3.41. The number of para-hydroxylation sites is 1. The van der Waals surface area contributed by atoms with Crippen molar-refractivity contribution in [1.82, 2.24) is 4.98 Å². The Morgan fingerprint density at radius 2 is 1.83 bits per heavy atom.